The molecule has 1 unspecified atom stereocenters. The smallest absolute Gasteiger partial charge is 0.0733 e. The van der Waals surface area contributed by atoms with Crippen molar-refractivity contribution in [1.29, 1.82) is 0 Å². The highest BCUT2D eigenvalue weighted by molar-refractivity contribution is 6.30. The Hall–Kier alpha value is -1.51. The molecular weight excluding hydrogens is 258 g/mol. The fourth-order valence-corrected chi connectivity index (χ4v) is 2.23. The Morgan fingerprint density at radius 2 is 1.95 bits per heavy atom. The second-order valence-corrected chi connectivity index (χ2v) is 4.95. The predicted octanol–water partition coefficient (Wildman–Crippen LogP) is 4.66. The topological polar surface area (TPSA) is 21.3 Å². The summed E-state index contributed by atoms with van der Waals surface area (Å²) >= 11 is 6.03. The Labute approximate surface area is 119 Å². The van der Waals surface area contributed by atoms with E-state index < -0.39 is 0 Å². The minimum absolute atomic E-state index is 0.191. The number of ether oxygens (including phenoxy) is 1. The van der Waals surface area contributed by atoms with Crippen molar-refractivity contribution in [1.82, 2.24) is 0 Å². The van der Waals surface area contributed by atoms with E-state index in [4.69, 9.17) is 16.3 Å². The van der Waals surface area contributed by atoms with E-state index in [0.717, 1.165) is 16.3 Å². The highest BCUT2D eigenvalue weighted by atomic mass is 35.5. The Bertz CT molecular complexity index is 542. The minimum atomic E-state index is 0.191. The Kier molecular flexibility index (Phi) is 4.83. The van der Waals surface area contributed by atoms with Crippen molar-refractivity contribution >= 4 is 17.3 Å². The van der Waals surface area contributed by atoms with Crippen molar-refractivity contribution in [2.45, 2.75) is 19.6 Å². The van der Waals surface area contributed by atoms with E-state index in [2.05, 4.69) is 30.4 Å². The van der Waals surface area contributed by atoms with Gasteiger partial charge in [-0.25, -0.2) is 0 Å². The van der Waals surface area contributed by atoms with Gasteiger partial charge in [-0.05, 0) is 30.7 Å². The molecule has 2 rings (SSSR count). The van der Waals surface area contributed by atoms with Crippen molar-refractivity contribution in [3.05, 3.63) is 64.7 Å². The number of anilines is 1. The van der Waals surface area contributed by atoms with Gasteiger partial charge in [0.05, 0.1) is 6.61 Å². The van der Waals surface area contributed by atoms with Crippen LogP contribution in [0.25, 0.3) is 0 Å². The third kappa shape index (κ3) is 3.72. The molecule has 0 aliphatic rings. The molecule has 2 aromatic carbocycles. The number of para-hydroxylation sites is 1. The molecule has 2 nitrogen and oxygen atoms in total. The maximum atomic E-state index is 6.03. The summed E-state index contributed by atoms with van der Waals surface area (Å²) < 4.78 is 5.21. The van der Waals surface area contributed by atoms with Crippen LogP contribution in [0.3, 0.4) is 0 Å². The van der Waals surface area contributed by atoms with Gasteiger partial charge >= 0.3 is 0 Å². The van der Waals surface area contributed by atoms with Gasteiger partial charge in [0.15, 0.2) is 0 Å². The number of hydrogen-bond acceptors (Lipinski definition) is 2. The Balaban J connectivity index is 2.16. The van der Waals surface area contributed by atoms with Crippen LogP contribution in [-0.2, 0) is 11.3 Å². The van der Waals surface area contributed by atoms with Gasteiger partial charge in [0.2, 0.25) is 0 Å². The maximum Gasteiger partial charge on any atom is 0.0733 e. The van der Waals surface area contributed by atoms with Crippen LogP contribution in [0, 0.1) is 0 Å². The molecule has 19 heavy (non-hydrogen) atoms. The van der Waals surface area contributed by atoms with Gasteiger partial charge in [-0.15, -0.1) is 0 Å². The zero-order chi connectivity index (χ0) is 13.7. The third-order valence-electron chi connectivity index (χ3n) is 3.04. The molecule has 0 heterocycles. The first-order valence-corrected chi connectivity index (χ1v) is 6.67. The molecule has 0 bridgehead atoms. The molecule has 3 heteroatoms. The summed E-state index contributed by atoms with van der Waals surface area (Å²) in [5.41, 5.74) is 3.41. The van der Waals surface area contributed by atoms with E-state index in [1.165, 1.54) is 5.56 Å². The summed E-state index contributed by atoms with van der Waals surface area (Å²) in [6, 6.07) is 16.3. The maximum absolute atomic E-state index is 6.03. The molecule has 0 aliphatic heterocycles. The van der Waals surface area contributed by atoms with E-state index in [9.17, 15) is 0 Å². The molecule has 2 aromatic rings. The normalized spacial score (nSPS) is 12.2. The molecule has 100 valence electrons. The molecule has 0 saturated heterocycles. The highest BCUT2D eigenvalue weighted by Crippen LogP contribution is 2.24. The second-order valence-electron chi connectivity index (χ2n) is 4.51. The summed E-state index contributed by atoms with van der Waals surface area (Å²) in [6.45, 7) is 2.72. The van der Waals surface area contributed by atoms with Crippen molar-refractivity contribution in [3.63, 3.8) is 0 Å². The fraction of sp³-hybridized carbons (Fsp3) is 0.250. The van der Waals surface area contributed by atoms with Crippen molar-refractivity contribution in [2.24, 2.45) is 0 Å². The monoisotopic (exact) mass is 275 g/mol. The summed E-state index contributed by atoms with van der Waals surface area (Å²) in [7, 11) is 1.71. The van der Waals surface area contributed by atoms with Crippen molar-refractivity contribution in [2.75, 3.05) is 12.4 Å². The average Bonchev–Trinajstić information content (AvgIpc) is 2.41. The van der Waals surface area contributed by atoms with Gasteiger partial charge in [0.1, 0.15) is 0 Å². The summed E-state index contributed by atoms with van der Waals surface area (Å²) in [5, 5.41) is 4.26. The van der Waals surface area contributed by atoms with E-state index in [1.54, 1.807) is 7.11 Å². The lowest BCUT2D eigenvalue weighted by Gasteiger charge is -2.18. The molecule has 0 amide bonds. The predicted molar refractivity (Wildman–Crippen MR) is 80.6 cm³/mol. The molecule has 0 radical (unpaired) electrons. The van der Waals surface area contributed by atoms with Crippen LogP contribution in [0.4, 0.5) is 5.69 Å². The van der Waals surface area contributed by atoms with Gasteiger partial charge in [0.25, 0.3) is 0 Å². The van der Waals surface area contributed by atoms with Crippen molar-refractivity contribution < 1.29 is 4.74 Å². The molecule has 0 aliphatic carbocycles. The quantitative estimate of drug-likeness (QED) is 0.857. The summed E-state index contributed by atoms with van der Waals surface area (Å²) in [4.78, 5) is 0. The van der Waals surface area contributed by atoms with Crippen LogP contribution < -0.4 is 5.32 Å². The second kappa shape index (κ2) is 6.60. The highest BCUT2D eigenvalue weighted by Gasteiger charge is 2.08. The first-order valence-electron chi connectivity index (χ1n) is 6.29. The SMILES string of the molecule is COCc1ccccc1NC(C)c1cccc(Cl)c1. The zero-order valence-corrected chi connectivity index (χ0v) is 11.9. The van der Waals surface area contributed by atoms with E-state index >= 15 is 0 Å². The van der Waals surface area contributed by atoms with Crippen LogP contribution in [0.5, 0.6) is 0 Å². The number of rotatable bonds is 5. The first-order chi connectivity index (χ1) is 9.20. The molecule has 1 N–H and O–H groups in total. The molecule has 0 spiro atoms. The van der Waals surface area contributed by atoms with E-state index in [1.807, 2.05) is 30.3 Å². The van der Waals surface area contributed by atoms with Crippen molar-refractivity contribution in [3.8, 4) is 0 Å². The summed E-state index contributed by atoms with van der Waals surface area (Å²) in [5.74, 6) is 0. The lowest BCUT2D eigenvalue weighted by atomic mass is 10.1. The van der Waals surface area contributed by atoms with Crippen LogP contribution in [-0.4, -0.2) is 7.11 Å². The van der Waals surface area contributed by atoms with Crippen LogP contribution >= 0.6 is 11.6 Å². The Morgan fingerprint density at radius 1 is 1.16 bits per heavy atom. The molecule has 0 saturated carbocycles. The number of benzene rings is 2. The fourth-order valence-electron chi connectivity index (χ4n) is 2.04. The molecule has 1 atom stereocenters. The lowest BCUT2D eigenvalue weighted by Crippen LogP contribution is -2.08. The van der Waals surface area contributed by atoms with Gasteiger partial charge in [-0.1, -0.05) is 41.9 Å². The third-order valence-corrected chi connectivity index (χ3v) is 3.27. The molecule has 0 fully saturated rings. The van der Waals surface area contributed by atoms with Gasteiger partial charge in [0, 0.05) is 29.4 Å². The average molecular weight is 276 g/mol. The standard InChI is InChI=1S/C16H18ClNO/c1-12(13-7-5-8-15(17)10-13)18-16-9-4-3-6-14(16)11-19-2/h3-10,12,18H,11H2,1-2H3. The summed E-state index contributed by atoms with van der Waals surface area (Å²) in [6.07, 6.45) is 0. The largest absolute Gasteiger partial charge is 0.380 e. The molecule has 0 aromatic heterocycles. The van der Waals surface area contributed by atoms with Crippen LogP contribution in [0.1, 0.15) is 24.1 Å². The van der Waals surface area contributed by atoms with Gasteiger partial charge in [-0.3, -0.25) is 0 Å². The van der Waals surface area contributed by atoms with E-state index in [0.29, 0.717) is 6.61 Å². The zero-order valence-electron chi connectivity index (χ0n) is 11.2. The lowest BCUT2D eigenvalue weighted by molar-refractivity contribution is 0.185. The van der Waals surface area contributed by atoms with Gasteiger partial charge < -0.3 is 10.1 Å². The number of methoxy groups -OCH3 is 1. The van der Waals surface area contributed by atoms with E-state index in [-0.39, 0.29) is 6.04 Å². The minimum Gasteiger partial charge on any atom is -0.380 e. The van der Waals surface area contributed by atoms with Crippen LogP contribution in [0.15, 0.2) is 48.5 Å². The molecular formula is C16H18ClNO. The number of hydrogen-bond donors (Lipinski definition) is 1. The van der Waals surface area contributed by atoms with Crippen LogP contribution in [0.2, 0.25) is 5.02 Å². The Morgan fingerprint density at radius 3 is 2.68 bits per heavy atom. The number of nitrogens with one attached hydrogen (secondary N) is 1. The number of halogens is 1. The first kappa shape index (κ1) is 13.9. The van der Waals surface area contributed by atoms with Gasteiger partial charge in [-0.2, -0.15) is 0 Å².